The van der Waals surface area contributed by atoms with Crippen molar-refractivity contribution in [2.75, 3.05) is 24.5 Å². The molecule has 4 aliphatic rings. The van der Waals surface area contributed by atoms with Crippen molar-refractivity contribution >= 4 is 29.3 Å². The Hall–Kier alpha value is -3.59. The minimum Gasteiger partial charge on any atom is -0.368 e. The molecule has 0 saturated carbocycles. The highest BCUT2D eigenvalue weighted by Gasteiger charge is 2.44. The molecule has 1 unspecified atom stereocenters. The number of carbonyl (C=O) groups excluding carboxylic acids is 4. The Morgan fingerprint density at radius 1 is 0.861 bits per heavy atom. The Bertz CT molecular complexity index is 1290. The molecule has 2 fully saturated rings. The van der Waals surface area contributed by atoms with Gasteiger partial charge in [-0.15, -0.1) is 0 Å². The summed E-state index contributed by atoms with van der Waals surface area (Å²) in [5.41, 5.74) is 3.80. The van der Waals surface area contributed by atoms with Crippen LogP contribution < -0.4 is 10.2 Å². The molecule has 1 N–H and O–H groups in total. The number of nitrogens with zero attached hydrogens (tertiary/aromatic N) is 3. The molecule has 4 aliphatic heterocycles. The number of rotatable bonds is 4. The lowest BCUT2D eigenvalue weighted by molar-refractivity contribution is -0.136. The van der Waals surface area contributed by atoms with E-state index in [-0.39, 0.29) is 24.6 Å². The molecule has 8 nitrogen and oxygen atoms in total. The lowest BCUT2D eigenvalue weighted by Crippen LogP contribution is -2.54. The zero-order valence-corrected chi connectivity index (χ0v) is 19.8. The molecule has 1 atom stereocenters. The maximum Gasteiger partial charge on any atom is 0.262 e. The van der Waals surface area contributed by atoms with Crippen molar-refractivity contribution in [2.45, 2.75) is 50.7 Å². The highest BCUT2D eigenvalue weighted by atomic mass is 19.1. The van der Waals surface area contributed by atoms with Crippen LogP contribution >= 0.6 is 0 Å². The minimum atomic E-state index is -0.954. The molecule has 2 saturated heterocycles. The lowest BCUT2D eigenvalue weighted by Gasteiger charge is -2.38. The lowest BCUT2D eigenvalue weighted by atomic mass is 10.0. The molecule has 2 aromatic carbocycles. The average molecular weight is 491 g/mol. The third kappa shape index (κ3) is 3.87. The average Bonchev–Trinajstić information content (AvgIpc) is 3.38. The van der Waals surface area contributed by atoms with E-state index in [0.717, 1.165) is 60.6 Å². The number of anilines is 1. The quantitative estimate of drug-likeness (QED) is 0.662. The van der Waals surface area contributed by atoms with Crippen LogP contribution in [0.5, 0.6) is 0 Å². The molecule has 186 valence electrons. The molecule has 6 rings (SSSR count). The smallest absolute Gasteiger partial charge is 0.262 e. The number of carbonyl (C=O) groups is 4. The van der Waals surface area contributed by atoms with Gasteiger partial charge in [0.25, 0.3) is 11.8 Å². The van der Waals surface area contributed by atoms with Gasteiger partial charge >= 0.3 is 0 Å². The van der Waals surface area contributed by atoms with Gasteiger partial charge in [0.1, 0.15) is 11.9 Å². The summed E-state index contributed by atoms with van der Waals surface area (Å²) in [4.78, 5) is 55.5. The summed E-state index contributed by atoms with van der Waals surface area (Å²) >= 11 is 0. The van der Waals surface area contributed by atoms with E-state index in [0.29, 0.717) is 23.7 Å². The summed E-state index contributed by atoms with van der Waals surface area (Å²) in [6.07, 6.45) is 3.13. The molecule has 4 heterocycles. The summed E-state index contributed by atoms with van der Waals surface area (Å²) in [5.74, 6) is -2.13. The van der Waals surface area contributed by atoms with Crippen LogP contribution in [-0.2, 0) is 22.6 Å². The van der Waals surface area contributed by atoms with Gasteiger partial charge in [-0.25, -0.2) is 4.39 Å². The number of likely N-dealkylation sites (tertiary alicyclic amines) is 1. The van der Waals surface area contributed by atoms with Crippen LogP contribution in [0.1, 0.15) is 57.5 Å². The van der Waals surface area contributed by atoms with Crippen molar-refractivity contribution in [3.8, 4) is 0 Å². The van der Waals surface area contributed by atoms with Crippen LogP contribution in [0.2, 0.25) is 0 Å². The van der Waals surface area contributed by atoms with E-state index in [1.807, 2.05) is 12.1 Å². The zero-order valence-electron chi connectivity index (χ0n) is 19.8. The van der Waals surface area contributed by atoms with Crippen molar-refractivity contribution in [3.63, 3.8) is 0 Å². The second-order valence-electron chi connectivity index (χ2n) is 10.1. The number of hydrogen-bond donors (Lipinski definition) is 1. The van der Waals surface area contributed by atoms with Crippen molar-refractivity contribution in [1.82, 2.24) is 15.1 Å². The Morgan fingerprint density at radius 3 is 2.42 bits per heavy atom. The first-order chi connectivity index (χ1) is 17.4. The highest BCUT2D eigenvalue weighted by Crippen LogP contribution is 2.34. The number of benzene rings is 2. The number of fused-ring (bicyclic) bond motifs is 2. The van der Waals surface area contributed by atoms with Gasteiger partial charge in [-0.1, -0.05) is 6.07 Å². The number of piperidine rings is 2. The fourth-order valence-corrected chi connectivity index (χ4v) is 6.04. The van der Waals surface area contributed by atoms with Crippen LogP contribution in [0.15, 0.2) is 36.4 Å². The van der Waals surface area contributed by atoms with E-state index in [4.69, 9.17) is 0 Å². The largest absolute Gasteiger partial charge is 0.368 e. The first kappa shape index (κ1) is 22.8. The topological polar surface area (TPSA) is 90.0 Å². The van der Waals surface area contributed by atoms with Gasteiger partial charge in [-0.05, 0) is 67.1 Å². The number of amides is 4. The fraction of sp³-hybridized carbons (Fsp3) is 0.407. The Morgan fingerprint density at radius 2 is 1.64 bits per heavy atom. The monoisotopic (exact) mass is 490 g/mol. The molecule has 4 amide bonds. The van der Waals surface area contributed by atoms with Gasteiger partial charge in [0.05, 0.1) is 11.1 Å². The molecular formula is C27H27FN4O4. The summed E-state index contributed by atoms with van der Waals surface area (Å²) < 4.78 is 13.6. The number of nitrogens with one attached hydrogen (secondary N) is 1. The van der Waals surface area contributed by atoms with E-state index in [1.54, 1.807) is 18.2 Å². The SMILES string of the molecule is O=C1CCC(N2C(=O)c3ccc(CN4CCC(N5CCc6cc(F)ccc65)CC4)cc3C2=O)C(=O)N1. The number of halogens is 1. The molecule has 0 radical (unpaired) electrons. The van der Waals surface area contributed by atoms with E-state index in [1.165, 1.54) is 6.07 Å². The molecule has 0 aliphatic carbocycles. The van der Waals surface area contributed by atoms with Gasteiger partial charge in [0.2, 0.25) is 11.8 Å². The predicted octanol–water partition coefficient (Wildman–Crippen LogP) is 2.25. The van der Waals surface area contributed by atoms with E-state index < -0.39 is 23.8 Å². The normalized spacial score (nSPS) is 22.8. The van der Waals surface area contributed by atoms with Gasteiger partial charge in [0, 0.05) is 44.3 Å². The maximum atomic E-state index is 13.6. The molecule has 2 aromatic rings. The first-order valence-corrected chi connectivity index (χ1v) is 12.5. The third-order valence-electron chi connectivity index (χ3n) is 7.88. The van der Waals surface area contributed by atoms with E-state index >= 15 is 0 Å². The molecule has 0 bridgehead atoms. The van der Waals surface area contributed by atoms with Crippen molar-refractivity contribution in [1.29, 1.82) is 0 Å². The molecule has 9 heteroatoms. The second kappa shape index (κ2) is 8.81. The first-order valence-electron chi connectivity index (χ1n) is 12.5. The zero-order chi connectivity index (χ0) is 25.0. The van der Waals surface area contributed by atoms with Gasteiger partial charge in [-0.3, -0.25) is 34.3 Å². The second-order valence-corrected chi connectivity index (χ2v) is 10.1. The fourth-order valence-electron chi connectivity index (χ4n) is 6.04. The number of imide groups is 2. The molecular weight excluding hydrogens is 463 g/mol. The van der Waals surface area contributed by atoms with Gasteiger partial charge in [-0.2, -0.15) is 0 Å². The van der Waals surface area contributed by atoms with E-state index in [9.17, 15) is 23.6 Å². The van der Waals surface area contributed by atoms with Crippen molar-refractivity contribution in [2.24, 2.45) is 0 Å². The number of hydrogen-bond acceptors (Lipinski definition) is 6. The minimum absolute atomic E-state index is 0.102. The third-order valence-corrected chi connectivity index (χ3v) is 7.88. The Balaban J connectivity index is 1.10. The predicted molar refractivity (Wildman–Crippen MR) is 129 cm³/mol. The highest BCUT2D eigenvalue weighted by molar-refractivity contribution is 6.23. The maximum absolute atomic E-state index is 13.6. The Labute approximate surface area is 208 Å². The molecule has 36 heavy (non-hydrogen) atoms. The molecule has 0 aromatic heterocycles. The van der Waals surface area contributed by atoms with Crippen LogP contribution in [0.3, 0.4) is 0 Å². The standard InChI is InChI=1S/C27H27FN4O4/c28-18-2-4-22-17(14-18)7-12-31(22)19-8-10-30(11-9-19)15-16-1-3-20-21(13-16)27(36)32(26(20)35)23-5-6-24(33)29-25(23)34/h1-4,13-14,19,23H,5-12,15H2,(H,29,33,34). The Kier molecular flexibility index (Phi) is 5.59. The van der Waals surface area contributed by atoms with Crippen LogP contribution in [-0.4, -0.2) is 65.1 Å². The summed E-state index contributed by atoms with van der Waals surface area (Å²) in [6.45, 7) is 3.41. The van der Waals surface area contributed by atoms with Crippen molar-refractivity contribution in [3.05, 3.63) is 64.5 Å². The molecule has 0 spiro atoms. The summed E-state index contributed by atoms with van der Waals surface area (Å²) in [6, 6.07) is 9.85. The van der Waals surface area contributed by atoms with E-state index in [2.05, 4.69) is 15.1 Å². The summed E-state index contributed by atoms with van der Waals surface area (Å²) in [7, 11) is 0. The summed E-state index contributed by atoms with van der Waals surface area (Å²) in [5, 5.41) is 2.22. The van der Waals surface area contributed by atoms with Gasteiger partial charge < -0.3 is 4.90 Å². The van der Waals surface area contributed by atoms with Crippen molar-refractivity contribution < 1.29 is 23.6 Å². The van der Waals surface area contributed by atoms with Crippen LogP contribution in [0.4, 0.5) is 10.1 Å². The van der Waals surface area contributed by atoms with Gasteiger partial charge in [0.15, 0.2) is 0 Å². The van der Waals surface area contributed by atoms with Crippen LogP contribution in [0, 0.1) is 5.82 Å². The van der Waals surface area contributed by atoms with Crippen LogP contribution in [0.25, 0.3) is 0 Å².